The second-order valence-corrected chi connectivity index (χ2v) is 6.51. The largest absolute Gasteiger partial charge is 0.371 e. The van der Waals surface area contributed by atoms with Crippen molar-refractivity contribution in [3.05, 3.63) is 39.6 Å². The number of aryl methyl sites for hydroxylation is 1. The molecule has 0 aliphatic carbocycles. The SMILES string of the molecule is CCSCC(C)(OC)c1cc2cc([N+](=O)[O-])c(C)cc2[nH]1. The summed E-state index contributed by atoms with van der Waals surface area (Å²) in [4.78, 5) is 14.0. The second kappa shape index (κ2) is 6.07. The molecule has 2 rings (SSSR count). The number of H-pyrrole nitrogens is 1. The third-order valence-corrected chi connectivity index (χ3v) is 4.90. The molecule has 2 aromatic rings. The number of nitro groups is 1. The number of hydrogen-bond donors (Lipinski definition) is 1. The van der Waals surface area contributed by atoms with Crippen molar-refractivity contribution in [2.75, 3.05) is 18.6 Å². The summed E-state index contributed by atoms with van der Waals surface area (Å²) in [6, 6.07) is 5.38. The highest BCUT2D eigenvalue weighted by molar-refractivity contribution is 7.99. The molecule has 1 N–H and O–H groups in total. The number of aromatic nitrogens is 1. The van der Waals surface area contributed by atoms with Crippen molar-refractivity contribution in [2.45, 2.75) is 26.4 Å². The van der Waals surface area contributed by atoms with Crippen LogP contribution in [0.1, 0.15) is 25.1 Å². The quantitative estimate of drug-likeness (QED) is 0.647. The lowest BCUT2D eigenvalue weighted by atomic mass is 10.0. The standard InChI is InChI=1S/C15H20N2O3S/c1-5-21-9-15(3,20-4)14-8-11-7-13(17(18)19)10(2)6-12(11)16-14/h6-8,16H,5,9H2,1-4H3. The number of aromatic amines is 1. The molecule has 114 valence electrons. The average molecular weight is 308 g/mol. The van der Waals surface area contributed by atoms with Gasteiger partial charge in [0.05, 0.1) is 4.92 Å². The minimum atomic E-state index is -0.428. The molecule has 1 atom stereocenters. The van der Waals surface area contributed by atoms with E-state index in [1.807, 2.05) is 19.1 Å². The van der Waals surface area contributed by atoms with Crippen LogP contribution >= 0.6 is 11.8 Å². The van der Waals surface area contributed by atoms with E-state index in [2.05, 4.69) is 11.9 Å². The zero-order valence-electron chi connectivity index (χ0n) is 12.7. The maximum Gasteiger partial charge on any atom is 0.273 e. The van der Waals surface area contributed by atoms with Gasteiger partial charge in [-0.1, -0.05) is 6.92 Å². The van der Waals surface area contributed by atoms with Crippen LogP contribution in [0.25, 0.3) is 10.9 Å². The molecule has 0 fully saturated rings. The first kappa shape index (κ1) is 15.9. The smallest absolute Gasteiger partial charge is 0.273 e. The van der Waals surface area contributed by atoms with E-state index < -0.39 is 5.60 Å². The van der Waals surface area contributed by atoms with Crippen molar-refractivity contribution in [1.29, 1.82) is 0 Å². The summed E-state index contributed by atoms with van der Waals surface area (Å²) in [6.45, 7) is 5.89. The van der Waals surface area contributed by atoms with Crippen LogP contribution in [0.3, 0.4) is 0 Å². The van der Waals surface area contributed by atoms with Gasteiger partial charge >= 0.3 is 0 Å². The lowest BCUT2D eigenvalue weighted by molar-refractivity contribution is -0.385. The number of ether oxygens (including phenoxy) is 1. The Bertz CT molecular complexity index is 668. The molecule has 21 heavy (non-hydrogen) atoms. The molecule has 0 saturated heterocycles. The lowest BCUT2D eigenvalue weighted by Gasteiger charge is -2.26. The van der Waals surface area contributed by atoms with E-state index in [1.165, 1.54) is 0 Å². The van der Waals surface area contributed by atoms with Gasteiger partial charge in [0, 0.05) is 41.1 Å². The van der Waals surface area contributed by atoms with Crippen LogP contribution < -0.4 is 0 Å². The van der Waals surface area contributed by atoms with Gasteiger partial charge in [0.2, 0.25) is 0 Å². The molecule has 1 aromatic carbocycles. The van der Waals surface area contributed by atoms with Crippen molar-refractivity contribution in [2.24, 2.45) is 0 Å². The highest BCUT2D eigenvalue weighted by atomic mass is 32.2. The Morgan fingerprint density at radius 1 is 1.43 bits per heavy atom. The van der Waals surface area contributed by atoms with Crippen LogP contribution in [0.15, 0.2) is 18.2 Å². The molecule has 0 aliphatic heterocycles. The van der Waals surface area contributed by atoms with Crippen LogP contribution in [-0.4, -0.2) is 28.5 Å². The Morgan fingerprint density at radius 2 is 2.14 bits per heavy atom. The molecule has 0 amide bonds. The van der Waals surface area contributed by atoms with Crippen molar-refractivity contribution in [1.82, 2.24) is 4.98 Å². The Hall–Kier alpha value is -1.53. The first-order valence-corrected chi connectivity index (χ1v) is 7.98. The lowest BCUT2D eigenvalue weighted by Crippen LogP contribution is -2.28. The number of nitrogens with one attached hydrogen (secondary N) is 1. The molecule has 1 heterocycles. The van der Waals surface area contributed by atoms with Gasteiger partial charge in [-0.2, -0.15) is 11.8 Å². The van der Waals surface area contributed by atoms with Gasteiger partial charge in [0.1, 0.15) is 5.60 Å². The van der Waals surface area contributed by atoms with Crippen molar-refractivity contribution in [3.63, 3.8) is 0 Å². The molecule has 5 nitrogen and oxygen atoms in total. The van der Waals surface area contributed by atoms with E-state index in [-0.39, 0.29) is 10.6 Å². The normalized spacial score (nSPS) is 14.3. The molecular formula is C15H20N2O3S. The Labute approximate surface area is 128 Å². The average Bonchev–Trinajstić information content (AvgIpc) is 2.87. The third kappa shape index (κ3) is 3.06. The number of rotatable bonds is 6. The highest BCUT2D eigenvalue weighted by Gasteiger charge is 2.28. The van der Waals surface area contributed by atoms with Gasteiger partial charge in [0.15, 0.2) is 0 Å². The van der Waals surface area contributed by atoms with Crippen LogP contribution in [0.2, 0.25) is 0 Å². The van der Waals surface area contributed by atoms with E-state index in [0.29, 0.717) is 5.56 Å². The monoisotopic (exact) mass is 308 g/mol. The maximum atomic E-state index is 11.0. The summed E-state index contributed by atoms with van der Waals surface area (Å²) in [5.41, 5.74) is 2.22. The third-order valence-electron chi connectivity index (χ3n) is 3.74. The minimum Gasteiger partial charge on any atom is -0.371 e. The van der Waals surface area contributed by atoms with E-state index in [4.69, 9.17) is 4.74 Å². The molecule has 0 saturated carbocycles. The van der Waals surface area contributed by atoms with E-state index in [1.54, 1.807) is 31.9 Å². The first-order chi connectivity index (χ1) is 9.91. The molecule has 0 bridgehead atoms. The van der Waals surface area contributed by atoms with E-state index >= 15 is 0 Å². The zero-order chi connectivity index (χ0) is 15.6. The number of benzene rings is 1. The van der Waals surface area contributed by atoms with Crippen molar-refractivity contribution < 1.29 is 9.66 Å². The van der Waals surface area contributed by atoms with Gasteiger partial charge in [0.25, 0.3) is 5.69 Å². The summed E-state index contributed by atoms with van der Waals surface area (Å²) >= 11 is 1.80. The van der Waals surface area contributed by atoms with Gasteiger partial charge < -0.3 is 9.72 Å². The summed E-state index contributed by atoms with van der Waals surface area (Å²) in [5, 5.41) is 11.9. The molecule has 0 aliphatic rings. The van der Waals surface area contributed by atoms with E-state index in [0.717, 1.165) is 28.1 Å². The van der Waals surface area contributed by atoms with Gasteiger partial charge in [-0.15, -0.1) is 0 Å². The number of nitro benzene ring substituents is 1. The Morgan fingerprint density at radius 3 is 2.71 bits per heavy atom. The molecule has 0 spiro atoms. The number of methoxy groups -OCH3 is 1. The van der Waals surface area contributed by atoms with Crippen LogP contribution in [-0.2, 0) is 10.3 Å². The first-order valence-electron chi connectivity index (χ1n) is 6.82. The fourth-order valence-corrected chi connectivity index (χ4v) is 3.17. The van der Waals surface area contributed by atoms with Crippen LogP contribution in [0.4, 0.5) is 5.69 Å². The summed E-state index contributed by atoms with van der Waals surface area (Å²) in [7, 11) is 1.69. The van der Waals surface area contributed by atoms with Gasteiger partial charge in [-0.05, 0) is 31.7 Å². The second-order valence-electron chi connectivity index (χ2n) is 5.24. The zero-order valence-corrected chi connectivity index (χ0v) is 13.5. The molecular weight excluding hydrogens is 288 g/mol. The Balaban J connectivity index is 2.49. The number of nitrogens with zero attached hydrogens (tertiary/aromatic N) is 1. The van der Waals surface area contributed by atoms with Gasteiger partial charge in [-0.25, -0.2) is 0 Å². The van der Waals surface area contributed by atoms with E-state index in [9.17, 15) is 10.1 Å². The minimum absolute atomic E-state index is 0.148. The van der Waals surface area contributed by atoms with Gasteiger partial charge in [-0.3, -0.25) is 10.1 Å². The molecule has 6 heteroatoms. The highest BCUT2D eigenvalue weighted by Crippen LogP contribution is 2.33. The number of thioether (sulfide) groups is 1. The Kier molecular flexibility index (Phi) is 4.58. The predicted octanol–water partition coefficient (Wildman–Crippen LogP) is 4.00. The summed E-state index contributed by atoms with van der Waals surface area (Å²) in [5.74, 6) is 1.84. The number of fused-ring (bicyclic) bond motifs is 1. The fraction of sp³-hybridized carbons (Fsp3) is 0.467. The molecule has 0 radical (unpaired) electrons. The molecule has 1 unspecified atom stereocenters. The number of hydrogen-bond acceptors (Lipinski definition) is 4. The van der Waals surface area contributed by atoms with Crippen molar-refractivity contribution >= 4 is 28.4 Å². The fourth-order valence-electron chi connectivity index (χ4n) is 2.30. The summed E-state index contributed by atoms with van der Waals surface area (Å²) in [6.07, 6.45) is 0. The van der Waals surface area contributed by atoms with Crippen LogP contribution in [0, 0.1) is 17.0 Å². The predicted molar refractivity (Wildman–Crippen MR) is 87.1 cm³/mol. The van der Waals surface area contributed by atoms with Crippen LogP contribution in [0.5, 0.6) is 0 Å². The summed E-state index contributed by atoms with van der Waals surface area (Å²) < 4.78 is 5.68. The molecule has 1 aromatic heterocycles. The van der Waals surface area contributed by atoms with Crippen molar-refractivity contribution in [3.8, 4) is 0 Å². The maximum absolute atomic E-state index is 11.0. The topological polar surface area (TPSA) is 68.2 Å².